The summed E-state index contributed by atoms with van der Waals surface area (Å²) < 4.78 is 26.8. The number of rotatable bonds is 15. The highest BCUT2D eigenvalue weighted by atomic mass is 16.5. The molecule has 0 amide bonds. The van der Waals surface area contributed by atoms with Gasteiger partial charge in [0, 0.05) is 50.8 Å². The molecule has 1 aliphatic heterocycles. The van der Waals surface area contributed by atoms with Crippen molar-refractivity contribution >= 4 is 11.6 Å². The molecule has 0 bridgehead atoms. The number of nitrogens with zero attached hydrogens (tertiary/aromatic N) is 9. The number of ether oxygens (including phenoxy) is 4. The molecule has 1 atom stereocenters. The van der Waals surface area contributed by atoms with Crippen LogP contribution < -0.4 is 14.8 Å². The Balaban J connectivity index is 1.13. The normalized spacial score (nSPS) is 19.0. The Hall–Kier alpha value is -4.58. The van der Waals surface area contributed by atoms with Crippen LogP contribution >= 0.6 is 0 Å². The van der Waals surface area contributed by atoms with E-state index < -0.39 is 0 Å². The summed E-state index contributed by atoms with van der Waals surface area (Å²) in [5, 5.41) is 22.0. The van der Waals surface area contributed by atoms with Crippen molar-refractivity contribution in [2.75, 3.05) is 51.9 Å². The molecule has 3 aromatic heterocycles. The van der Waals surface area contributed by atoms with E-state index in [1.54, 1.807) is 36.6 Å². The highest BCUT2D eigenvalue weighted by Gasteiger charge is 2.29. The van der Waals surface area contributed by atoms with Gasteiger partial charge in [0.15, 0.2) is 0 Å². The maximum absolute atomic E-state index is 9.67. The van der Waals surface area contributed by atoms with E-state index in [-0.39, 0.29) is 6.10 Å². The second-order valence-electron chi connectivity index (χ2n) is 12.3. The minimum absolute atomic E-state index is 0.228. The Morgan fingerprint density at radius 1 is 1.04 bits per heavy atom. The molecular weight excluding hydrogens is 612 g/mol. The van der Waals surface area contributed by atoms with Gasteiger partial charge in [0.1, 0.15) is 36.3 Å². The van der Waals surface area contributed by atoms with Crippen LogP contribution in [0, 0.1) is 11.3 Å². The Morgan fingerprint density at radius 3 is 2.54 bits per heavy atom. The van der Waals surface area contributed by atoms with E-state index in [9.17, 15) is 5.26 Å². The summed E-state index contributed by atoms with van der Waals surface area (Å²) in [6.45, 7) is 7.37. The zero-order valence-electron chi connectivity index (χ0n) is 27.7. The molecule has 1 aliphatic carbocycles. The Kier molecular flexibility index (Phi) is 11.5. The molecule has 2 fully saturated rings. The Labute approximate surface area is 281 Å². The first-order valence-corrected chi connectivity index (χ1v) is 16.7. The van der Waals surface area contributed by atoms with Crippen LogP contribution in [0.3, 0.4) is 0 Å². The van der Waals surface area contributed by atoms with Crippen molar-refractivity contribution in [2.24, 2.45) is 0 Å². The number of anilines is 2. The van der Waals surface area contributed by atoms with E-state index in [1.807, 2.05) is 25.3 Å². The summed E-state index contributed by atoms with van der Waals surface area (Å²) in [6.07, 6.45) is 14.6. The van der Waals surface area contributed by atoms with Gasteiger partial charge in [-0.15, -0.1) is 5.10 Å². The number of unbranched alkanes of at least 4 members (excludes halogenated alkanes) is 1. The summed E-state index contributed by atoms with van der Waals surface area (Å²) in [7, 11) is 1.71. The summed E-state index contributed by atoms with van der Waals surface area (Å²) in [6, 6.07) is 8.60. The molecule has 0 radical (unpaired) electrons. The Bertz CT molecular complexity index is 1610. The lowest BCUT2D eigenvalue weighted by molar-refractivity contribution is 0.00503. The smallest absolute Gasteiger partial charge is 0.256 e. The van der Waals surface area contributed by atoms with E-state index >= 15 is 0 Å². The number of nitriles is 1. The van der Waals surface area contributed by atoms with E-state index in [2.05, 4.69) is 41.0 Å². The molecule has 14 nitrogen and oxygen atoms in total. The maximum Gasteiger partial charge on any atom is 0.256 e. The molecular formula is C34H44N10O4. The minimum Gasteiger partial charge on any atom is -0.487 e. The molecule has 4 aromatic rings. The van der Waals surface area contributed by atoms with Crippen molar-refractivity contribution in [1.82, 2.24) is 39.4 Å². The fraction of sp³-hybridized carbons (Fsp3) is 0.529. The van der Waals surface area contributed by atoms with Gasteiger partial charge >= 0.3 is 0 Å². The van der Waals surface area contributed by atoms with Crippen LogP contribution in [-0.4, -0.2) is 98.2 Å². The van der Waals surface area contributed by atoms with Crippen LogP contribution in [0.5, 0.6) is 11.6 Å². The van der Waals surface area contributed by atoms with Gasteiger partial charge in [0.05, 0.1) is 44.2 Å². The molecule has 1 aromatic carbocycles. The Morgan fingerprint density at radius 2 is 1.81 bits per heavy atom. The van der Waals surface area contributed by atoms with E-state index in [4.69, 9.17) is 24.0 Å². The van der Waals surface area contributed by atoms with Crippen LogP contribution in [0.15, 0.2) is 49.4 Å². The second-order valence-corrected chi connectivity index (χ2v) is 12.3. The molecule has 1 saturated carbocycles. The van der Waals surface area contributed by atoms with Crippen molar-refractivity contribution in [3.05, 3.63) is 55.0 Å². The van der Waals surface area contributed by atoms with Gasteiger partial charge in [-0.2, -0.15) is 10.4 Å². The number of methoxy groups -OCH3 is 1. The SMILES string of the molecule is COCCCCOc1nn(C2CCC(N3CCOCC3)CC2)cc1Nc1ncc(-c2ccc(C#N)c(OC(C)Cn3cncn3)c2)cn1. The van der Waals surface area contributed by atoms with Crippen molar-refractivity contribution < 1.29 is 18.9 Å². The third kappa shape index (κ3) is 8.66. The molecule has 254 valence electrons. The standard InChI is InChI=1S/C34H44N10O4/c1-25(21-43-24-36-23-39-43)48-32-17-26(5-6-27(32)18-35)28-19-37-34(38-20-28)40-31-22-44(41-33(31)47-14-4-3-13-45-2)30-9-7-29(8-10-30)42-11-15-46-16-12-42/h5-6,17,19-20,22-25,29-30H,3-4,7-16,21H2,1-2H3,(H,37,38,40). The van der Waals surface area contributed by atoms with Crippen LogP contribution in [0.2, 0.25) is 0 Å². The van der Waals surface area contributed by atoms with Crippen LogP contribution in [-0.2, 0) is 16.0 Å². The predicted molar refractivity (Wildman–Crippen MR) is 178 cm³/mol. The van der Waals surface area contributed by atoms with Gasteiger partial charge in [-0.05, 0) is 63.1 Å². The number of hydrogen-bond donors (Lipinski definition) is 1. The van der Waals surface area contributed by atoms with Crippen LogP contribution in [0.4, 0.5) is 11.6 Å². The lowest BCUT2D eigenvalue weighted by Crippen LogP contribution is -2.45. The third-order valence-electron chi connectivity index (χ3n) is 8.85. The number of hydrogen-bond acceptors (Lipinski definition) is 12. The molecule has 1 unspecified atom stereocenters. The molecule has 14 heteroatoms. The molecule has 1 saturated heterocycles. The molecule has 1 N–H and O–H groups in total. The van der Waals surface area contributed by atoms with Gasteiger partial charge in [-0.1, -0.05) is 6.07 Å². The second kappa shape index (κ2) is 16.5. The minimum atomic E-state index is -0.228. The zero-order chi connectivity index (χ0) is 33.1. The van der Waals surface area contributed by atoms with Gasteiger partial charge in [-0.25, -0.2) is 19.6 Å². The molecule has 6 rings (SSSR count). The number of benzene rings is 1. The van der Waals surface area contributed by atoms with E-state index in [0.29, 0.717) is 55.0 Å². The van der Waals surface area contributed by atoms with Gasteiger partial charge < -0.3 is 24.3 Å². The highest BCUT2D eigenvalue weighted by molar-refractivity contribution is 5.67. The third-order valence-corrected chi connectivity index (χ3v) is 8.85. The highest BCUT2D eigenvalue weighted by Crippen LogP contribution is 2.35. The first kappa shape index (κ1) is 33.3. The number of nitrogens with one attached hydrogen (secondary N) is 1. The largest absolute Gasteiger partial charge is 0.487 e. The first-order valence-electron chi connectivity index (χ1n) is 16.7. The predicted octanol–water partition coefficient (Wildman–Crippen LogP) is 4.64. The maximum atomic E-state index is 9.67. The monoisotopic (exact) mass is 656 g/mol. The first-order chi connectivity index (χ1) is 23.6. The average molecular weight is 657 g/mol. The fourth-order valence-corrected chi connectivity index (χ4v) is 6.30. The summed E-state index contributed by atoms with van der Waals surface area (Å²) in [5.41, 5.74) is 2.82. The summed E-state index contributed by atoms with van der Waals surface area (Å²) in [4.78, 5) is 15.8. The van der Waals surface area contributed by atoms with Crippen molar-refractivity contribution in [2.45, 2.75) is 70.2 Å². The van der Waals surface area contributed by atoms with Gasteiger partial charge in [0.25, 0.3) is 5.88 Å². The van der Waals surface area contributed by atoms with Crippen LogP contribution in [0.1, 0.15) is 57.1 Å². The molecule has 4 heterocycles. The van der Waals surface area contributed by atoms with Gasteiger partial charge in [0.2, 0.25) is 5.95 Å². The van der Waals surface area contributed by atoms with Gasteiger partial charge in [-0.3, -0.25) is 9.58 Å². The van der Waals surface area contributed by atoms with Crippen molar-refractivity contribution in [1.29, 1.82) is 5.26 Å². The number of morpholine rings is 1. The number of aromatic nitrogens is 7. The zero-order valence-corrected chi connectivity index (χ0v) is 27.7. The van der Waals surface area contributed by atoms with Crippen molar-refractivity contribution in [3.63, 3.8) is 0 Å². The topological polar surface area (TPSA) is 150 Å². The quantitative estimate of drug-likeness (QED) is 0.178. The summed E-state index contributed by atoms with van der Waals surface area (Å²) in [5.74, 6) is 1.47. The molecule has 48 heavy (non-hydrogen) atoms. The van der Waals surface area contributed by atoms with E-state index in [1.165, 1.54) is 6.33 Å². The summed E-state index contributed by atoms with van der Waals surface area (Å²) >= 11 is 0. The van der Waals surface area contributed by atoms with E-state index in [0.717, 1.165) is 81.6 Å². The van der Waals surface area contributed by atoms with Crippen molar-refractivity contribution in [3.8, 4) is 28.8 Å². The van der Waals surface area contributed by atoms with Crippen LogP contribution in [0.25, 0.3) is 11.1 Å². The lowest BCUT2D eigenvalue weighted by atomic mass is 9.90. The molecule has 2 aliphatic rings. The fourth-order valence-electron chi connectivity index (χ4n) is 6.30. The lowest BCUT2D eigenvalue weighted by Gasteiger charge is -2.38. The molecule has 0 spiro atoms. The average Bonchev–Trinajstić information content (AvgIpc) is 3.79.